The van der Waals surface area contributed by atoms with Crippen LogP contribution in [0.25, 0.3) is 0 Å². The molecule has 8 nitrogen and oxygen atoms in total. The van der Waals surface area contributed by atoms with Crippen molar-refractivity contribution in [2.75, 3.05) is 6.61 Å². The lowest BCUT2D eigenvalue weighted by Gasteiger charge is -2.22. The second kappa shape index (κ2) is 20.7. The third-order valence-corrected chi connectivity index (χ3v) is 4.41. The molecular weight excluding hydrogens is 368 g/mol. The number of aldehydes is 1. The molecule has 0 aromatic heterocycles. The van der Waals surface area contributed by atoms with Crippen LogP contribution < -0.4 is 0 Å². The summed E-state index contributed by atoms with van der Waals surface area (Å²) in [6, 6.07) is 0. The SMILES string of the molecule is CCCCCCCCCCCCCC(=O)O.O=C[C@H](O)[C@@H](O)[C@H](O)[C@H](O)CO. The first-order valence-electron chi connectivity index (χ1n) is 10.3. The molecule has 0 heterocycles. The zero-order valence-electron chi connectivity index (χ0n) is 17.1. The molecule has 8 heteroatoms. The van der Waals surface area contributed by atoms with Crippen molar-refractivity contribution in [3.63, 3.8) is 0 Å². The summed E-state index contributed by atoms with van der Waals surface area (Å²) in [4.78, 5) is 20.2. The Morgan fingerprint density at radius 2 is 1.21 bits per heavy atom. The van der Waals surface area contributed by atoms with E-state index >= 15 is 0 Å². The predicted octanol–water partition coefficient (Wildman–Crippen LogP) is 1.39. The van der Waals surface area contributed by atoms with E-state index in [1.165, 1.54) is 57.8 Å². The predicted molar refractivity (Wildman–Crippen MR) is 106 cm³/mol. The maximum Gasteiger partial charge on any atom is 0.303 e. The molecule has 0 bridgehead atoms. The molecule has 0 unspecified atom stereocenters. The Bertz CT molecular complexity index is 364. The summed E-state index contributed by atoms with van der Waals surface area (Å²) in [5.41, 5.74) is 0. The van der Waals surface area contributed by atoms with Crippen LogP contribution in [0.1, 0.15) is 84.0 Å². The maximum absolute atomic E-state index is 10.3. The van der Waals surface area contributed by atoms with Gasteiger partial charge in [-0.15, -0.1) is 0 Å². The van der Waals surface area contributed by atoms with Crippen molar-refractivity contribution in [1.82, 2.24) is 0 Å². The highest BCUT2D eigenvalue weighted by atomic mass is 16.4. The fourth-order valence-corrected chi connectivity index (χ4v) is 2.56. The van der Waals surface area contributed by atoms with E-state index in [-0.39, 0.29) is 6.29 Å². The van der Waals surface area contributed by atoms with Crippen molar-refractivity contribution < 1.29 is 40.2 Å². The third kappa shape index (κ3) is 18.3. The van der Waals surface area contributed by atoms with Crippen LogP contribution in [0.15, 0.2) is 0 Å². The van der Waals surface area contributed by atoms with Crippen LogP contribution >= 0.6 is 0 Å². The highest BCUT2D eigenvalue weighted by Gasteiger charge is 2.29. The monoisotopic (exact) mass is 408 g/mol. The van der Waals surface area contributed by atoms with E-state index in [4.69, 9.17) is 30.6 Å². The molecule has 0 saturated heterocycles. The van der Waals surface area contributed by atoms with Gasteiger partial charge in [0.05, 0.1) is 6.61 Å². The smallest absolute Gasteiger partial charge is 0.303 e. The molecule has 0 aliphatic carbocycles. The molecular formula is C20H40O8. The normalized spacial score (nSPS) is 15.1. The van der Waals surface area contributed by atoms with Gasteiger partial charge in [0.1, 0.15) is 24.4 Å². The number of unbranched alkanes of at least 4 members (excludes halogenated alkanes) is 10. The van der Waals surface area contributed by atoms with Crippen LogP contribution in [0.5, 0.6) is 0 Å². The number of aliphatic hydroxyl groups excluding tert-OH is 5. The van der Waals surface area contributed by atoms with Gasteiger partial charge in [-0.25, -0.2) is 0 Å². The van der Waals surface area contributed by atoms with E-state index < -0.39 is 37.0 Å². The second-order valence-electron chi connectivity index (χ2n) is 7.04. The second-order valence-corrected chi connectivity index (χ2v) is 7.04. The standard InChI is InChI=1S/C14H28O2.C6H12O6/c1-2-3-4-5-6-7-8-9-10-11-12-13-14(15)16;7-1-3(9)5(11)6(12)4(10)2-8/h2-13H2,1H3,(H,15,16);1,3-6,8-12H,2H2/t;3-,4+,5+,6+/m.0/s1. The van der Waals surface area contributed by atoms with Crippen molar-refractivity contribution >= 4 is 12.3 Å². The van der Waals surface area contributed by atoms with Crippen LogP contribution in [-0.2, 0) is 9.59 Å². The fraction of sp³-hybridized carbons (Fsp3) is 0.900. The Morgan fingerprint density at radius 3 is 1.57 bits per heavy atom. The quantitative estimate of drug-likeness (QED) is 0.156. The van der Waals surface area contributed by atoms with Gasteiger partial charge in [0, 0.05) is 6.42 Å². The van der Waals surface area contributed by atoms with Gasteiger partial charge in [-0.3, -0.25) is 4.79 Å². The summed E-state index contributed by atoms with van der Waals surface area (Å²) < 4.78 is 0. The first kappa shape index (κ1) is 29.1. The largest absolute Gasteiger partial charge is 0.481 e. The number of carboxylic acid groups (broad SMARTS) is 1. The molecule has 0 aliphatic heterocycles. The van der Waals surface area contributed by atoms with E-state index in [2.05, 4.69) is 6.92 Å². The van der Waals surface area contributed by atoms with Crippen LogP contribution in [0, 0.1) is 0 Å². The minimum absolute atomic E-state index is 0.0258. The van der Waals surface area contributed by atoms with E-state index in [1.54, 1.807) is 0 Å². The molecule has 0 amide bonds. The molecule has 0 aliphatic rings. The number of rotatable bonds is 17. The van der Waals surface area contributed by atoms with Crippen molar-refractivity contribution in [2.24, 2.45) is 0 Å². The van der Waals surface area contributed by atoms with Crippen molar-refractivity contribution in [3.8, 4) is 0 Å². The molecule has 0 fully saturated rings. The zero-order chi connectivity index (χ0) is 21.8. The first-order chi connectivity index (χ1) is 13.3. The molecule has 168 valence electrons. The summed E-state index contributed by atoms with van der Waals surface area (Å²) in [5, 5.41) is 52.0. The molecule has 28 heavy (non-hydrogen) atoms. The molecule has 0 aromatic carbocycles. The topological polar surface area (TPSA) is 156 Å². The van der Waals surface area contributed by atoms with Crippen LogP contribution in [0.3, 0.4) is 0 Å². The Labute approximate surface area is 168 Å². The summed E-state index contributed by atoms with van der Waals surface area (Å²) >= 11 is 0. The highest BCUT2D eigenvalue weighted by Crippen LogP contribution is 2.11. The molecule has 0 saturated carbocycles. The first-order valence-corrected chi connectivity index (χ1v) is 10.3. The lowest BCUT2D eigenvalue weighted by Crippen LogP contribution is -2.46. The highest BCUT2D eigenvalue weighted by molar-refractivity contribution is 5.66. The van der Waals surface area contributed by atoms with Gasteiger partial charge in [-0.1, -0.05) is 71.1 Å². The van der Waals surface area contributed by atoms with Crippen molar-refractivity contribution in [1.29, 1.82) is 0 Å². The molecule has 4 atom stereocenters. The molecule has 0 aromatic rings. The number of hydrogen-bond donors (Lipinski definition) is 6. The number of carbonyl (C=O) groups excluding carboxylic acids is 1. The minimum atomic E-state index is -1.79. The Kier molecular flexibility index (Phi) is 21.5. The molecule has 0 rings (SSSR count). The number of aliphatic hydroxyl groups is 5. The van der Waals surface area contributed by atoms with Crippen molar-refractivity contribution in [2.45, 2.75) is 108 Å². The minimum Gasteiger partial charge on any atom is -0.481 e. The number of carboxylic acids is 1. The van der Waals surface area contributed by atoms with Gasteiger partial charge >= 0.3 is 5.97 Å². The zero-order valence-corrected chi connectivity index (χ0v) is 17.1. The van der Waals surface area contributed by atoms with Gasteiger partial charge in [-0.2, -0.15) is 0 Å². The maximum atomic E-state index is 10.3. The van der Waals surface area contributed by atoms with Gasteiger partial charge in [0.2, 0.25) is 0 Å². The molecule has 0 spiro atoms. The van der Waals surface area contributed by atoms with Crippen LogP contribution in [0.4, 0.5) is 0 Å². The Morgan fingerprint density at radius 1 is 0.786 bits per heavy atom. The van der Waals surface area contributed by atoms with E-state index in [0.29, 0.717) is 6.42 Å². The van der Waals surface area contributed by atoms with Gasteiger partial charge in [0.15, 0.2) is 6.29 Å². The summed E-state index contributed by atoms with van der Waals surface area (Å²) in [6.07, 6.45) is 7.52. The molecule has 6 N–H and O–H groups in total. The Hall–Kier alpha value is -1.06. The Balaban J connectivity index is 0. The third-order valence-electron chi connectivity index (χ3n) is 4.41. The summed E-state index contributed by atoms with van der Waals surface area (Å²) in [5.74, 6) is -0.657. The lowest BCUT2D eigenvalue weighted by atomic mass is 10.0. The van der Waals surface area contributed by atoms with E-state index in [9.17, 15) is 9.59 Å². The summed E-state index contributed by atoms with van der Waals surface area (Å²) in [6.45, 7) is 1.49. The number of aliphatic carboxylic acids is 1. The number of carbonyl (C=O) groups is 2. The molecule has 0 radical (unpaired) electrons. The van der Waals surface area contributed by atoms with Gasteiger partial charge in [-0.05, 0) is 6.42 Å². The van der Waals surface area contributed by atoms with Gasteiger partial charge in [0.25, 0.3) is 0 Å². The average Bonchev–Trinajstić information content (AvgIpc) is 2.69. The van der Waals surface area contributed by atoms with Crippen LogP contribution in [-0.4, -0.2) is 73.9 Å². The van der Waals surface area contributed by atoms with E-state index in [0.717, 1.165) is 12.8 Å². The fourth-order valence-electron chi connectivity index (χ4n) is 2.56. The number of hydrogen-bond acceptors (Lipinski definition) is 7. The lowest BCUT2D eigenvalue weighted by molar-refractivity contribution is -0.137. The average molecular weight is 409 g/mol. The van der Waals surface area contributed by atoms with E-state index in [1.807, 2.05) is 0 Å². The van der Waals surface area contributed by atoms with Gasteiger partial charge < -0.3 is 35.4 Å². The summed E-state index contributed by atoms with van der Waals surface area (Å²) in [7, 11) is 0. The van der Waals surface area contributed by atoms with Crippen LogP contribution in [0.2, 0.25) is 0 Å². The van der Waals surface area contributed by atoms with Crippen molar-refractivity contribution in [3.05, 3.63) is 0 Å².